The monoisotopic (exact) mass is 714 g/mol. The van der Waals surface area contributed by atoms with Crippen molar-refractivity contribution < 1.29 is 0 Å². The number of rotatable bonds is 7. The first-order valence-electron chi connectivity index (χ1n) is 19.2. The molecule has 0 aromatic heterocycles. The molecular weight excluding hydrogens is 677 g/mol. The lowest BCUT2D eigenvalue weighted by Crippen LogP contribution is -2.13. The highest BCUT2D eigenvalue weighted by molar-refractivity contribution is 6.03. The molecule has 0 N–H and O–H groups in total. The maximum absolute atomic E-state index is 2.41. The minimum Gasteiger partial charge on any atom is -0.310 e. The van der Waals surface area contributed by atoms with Gasteiger partial charge in [0.15, 0.2) is 0 Å². The molecule has 0 radical (unpaired) electrons. The average Bonchev–Trinajstić information content (AvgIpc) is 3.40. The van der Waals surface area contributed by atoms with Crippen molar-refractivity contribution in [2.24, 2.45) is 0 Å². The molecule has 2 heteroatoms. The highest BCUT2D eigenvalue weighted by atomic mass is 15.2. The van der Waals surface area contributed by atoms with Crippen LogP contribution in [-0.4, -0.2) is 0 Å². The Hall–Kier alpha value is -7.42. The Morgan fingerprint density at radius 1 is 0.250 bits per heavy atom. The zero-order chi connectivity index (χ0) is 37.3. The molecule has 56 heavy (non-hydrogen) atoms. The Balaban J connectivity index is 1.14. The van der Waals surface area contributed by atoms with E-state index in [4.69, 9.17) is 0 Å². The fourth-order valence-electron chi connectivity index (χ4n) is 8.18. The van der Waals surface area contributed by atoms with Gasteiger partial charge < -0.3 is 9.80 Å². The zero-order valence-electron chi connectivity index (χ0n) is 30.8. The third-order valence-corrected chi connectivity index (χ3v) is 10.8. The van der Waals surface area contributed by atoms with Gasteiger partial charge in [0.1, 0.15) is 0 Å². The molecule has 264 valence electrons. The van der Waals surface area contributed by atoms with E-state index in [2.05, 4.69) is 240 Å². The normalized spacial score (nSPS) is 11.5. The SMILES string of the molecule is c1ccc(-c2ccc(N(c3ccc(-c4ccccc4-c4ccccc4)cc3)c3ccc4c(c3)-c3ccccc3-c3ccccc3N4c3ccccc3)cc2)cc1. The number of hydrogen-bond donors (Lipinski definition) is 0. The van der Waals surface area contributed by atoms with Crippen molar-refractivity contribution in [2.75, 3.05) is 9.80 Å². The molecule has 1 aliphatic heterocycles. The molecule has 0 saturated heterocycles. The van der Waals surface area contributed by atoms with E-state index in [0.717, 1.165) is 34.1 Å². The lowest BCUT2D eigenvalue weighted by atomic mass is 9.94. The van der Waals surface area contributed by atoms with E-state index in [0.29, 0.717) is 0 Å². The van der Waals surface area contributed by atoms with E-state index >= 15 is 0 Å². The highest BCUT2D eigenvalue weighted by Gasteiger charge is 2.27. The summed E-state index contributed by atoms with van der Waals surface area (Å²) in [5.41, 5.74) is 18.7. The van der Waals surface area contributed by atoms with Crippen molar-refractivity contribution in [2.45, 2.75) is 0 Å². The molecule has 9 aromatic carbocycles. The van der Waals surface area contributed by atoms with E-state index < -0.39 is 0 Å². The van der Waals surface area contributed by atoms with Crippen molar-refractivity contribution in [3.8, 4) is 55.6 Å². The average molecular weight is 715 g/mol. The van der Waals surface area contributed by atoms with Crippen molar-refractivity contribution in [3.63, 3.8) is 0 Å². The summed E-state index contributed by atoms with van der Waals surface area (Å²) >= 11 is 0. The van der Waals surface area contributed by atoms with E-state index in [9.17, 15) is 0 Å². The predicted molar refractivity (Wildman–Crippen MR) is 237 cm³/mol. The lowest BCUT2D eigenvalue weighted by Gasteiger charge is -2.30. The van der Waals surface area contributed by atoms with Crippen molar-refractivity contribution >= 4 is 34.1 Å². The standard InChI is InChI=1S/C54H38N2/c1-4-16-39(17-5-1)40-28-32-44(33-29-40)55(45-34-30-42(31-35-45)48-23-11-10-22-47(48)41-18-6-2-7-19-41)46-36-37-54-52(38-46)50-25-13-12-24-49(50)51-26-14-15-27-53(51)56(54)43-20-8-3-9-21-43/h1-38H. The molecule has 1 heterocycles. The zero-order valence-corrected chi connectivity index (χ0v) is 30.8. The quantitative estimate of drug-likeness (QED) is 0.162. The summed E-state index contributed by atoms with van der Waals surface area (Å²) in [6.45, 7) is 0. The first-order chi connectivity index (χ1) is 27.8. The Morgan fingerprint density at radius 3 is 1.25 bits per heavy atom. The van der Waals surface area contributed by atoms with E-state index in [1.165, 1.54) is 55.6 Å². The summed E-state index contributed by atoms with van der Waals surface area (Å²) in [4.78, 5) is 4.79. The van der Waals surface area contributed by atoms with Gasteiger partial charge >= 0.3 is 0 Å². The fourth-order valence-corrected chi connectivity index (χ4v) is 8.18. The molecule has 0 fully saturated rings. The maximum Gasteiger partial charge on any atom is 0.0542 e. The first kappa shape index (κ1) is 33.2. The largest absolute Gasteiger partial charge is 0.310 e. The van der Waals surface area contributed by atoms with Gasteiger partial charge in [0.05, 0.1) is 11.4 Å². The molecule has 0 bridgehead atoms. The number of hydrogen-bond acceptors (Lipinski definition) is 2. The molecule has 0 saturated carbocycles. The van der Waals surface area contributed by atoms with Crippen LogP contribution in [0.15, 0.2) is 231 Å². The third-order valence-electron chi connectivity index (χ3n) is 10.8. The summed E-state index contributed by atoms with van der Waals surface area (Å²) in [5.74, 6) is 0. The Labute approximate surface area is 328 Å². The molecular formula is C54H38N2. The second-order valence-corrected chi connectivity index (χ2v) is 14.1. The topological polar surface area (TPSA) is 6.48 Å². The van der Waals surface area contributed by atoms with Gasteiger partial charge in [0.25, 0.3) is 0 Å². The van der Waals surface area contributed by atoms with Crippen LogP contribution in [0, 0.1) is 0 Å². The lowest BCUT2D eigenvalue weighted by molar-refractivity contribution is 1.26. The van der Waals surface area contributed by atoms with Crippen molar-refractivity contribution in [3.05, 3.63) is 231 Å². The van der Waals surface area contributed by atoms with Crippen LogP contribution in [0.25, 0.3) is 55.6 Å². The summed E-state index contributed by atoms with van der Waals surface area (Å²) in [5, 5.41) is 0. The van der Waals surface area contributed by atoms with Crippen LogP contribution in [0.4, 0.5) is 34.1 Å². The van der Waals surface area contributed by atoms with Crippen molar-refractivity contribution in [1.82, 2.24) is 0 Å². The summed E-state index contributed by atoms with van der Waals surface area (Å²) in [7, 11) is 0. The second kappa shape index (κ2) is 14.4. The van der Waals surface area contributed by atoms with Crippen LogP contribution in [0.1, 0.15) is 0 Å². The van der Waals surface area contributed by atoms with Crippen molar-refractivity contribution in [1.29, 1.82) is 0 Å². The van der Waals surface area contributed by atoms with Gasteiger partial charge in [-0.1, -0.05) is 170 Å². The first-order valence-corrected chi connectivity index (χ1v) is 19.2. The maximum atomic E-state index is 2.41. The summed E-state index contributed by atoms with van der Waals surface area (Å²) in [6.07, 6.45) is 0. The number of anilines is 6. The number of nitrogens with zero attached hydrogens (tertiary/aromatic N) is 2. The smallest absolute Gasteiger partial charge is 0.0542 e. The Bertz CT molecular complexity index is 2770. The molecule has 0 atom stereocenters. The number of fused-ring (bicyclic) bond motifs is 5. The minimum atomic E-state index is 1.09. The Kier molecular flexibility index (Phi) is 8.55. The van der Waals surface area contributed by atoms with Crippen LogP contribution in [-0.2, 0) is 0 Å². The van der Waals surface area contributed by atoms with Gasteiger partial charge in [0.2, 0.25) is 0 Å². The molecule has 9 aromatic rings. The van der Waals surface area contributed by atoms with Gasteiger partial charge in [-0.15, -0.1) is 0 Å². The molecule has 0 amide bonds. The van der Waals surface area contributed by atoms with Crippen LogP contribution in [0.3, 0.4) is 0 Å². The number of benzene rings is 9. The van der Waals surface area contributed by atoms with E-state index in [-0.39, 0.29) is 0 Å². The minimum absolute atomic E-state index is 1.09. The highest BCUT2D eigenvalue weighted by Crippen LogP contribution is 2.52. The fraction of sp³-hybridized carbons (Fsp3) is 0. The van der Waals surface area contributed by atoms with Gasteiger partial charge in [-0.2, -0.15) is 0 Å². The van der Waals surface area contributed by atoms with Gasteiger partial charge in [-0.05, 0) is 105 Å². The second-order valence-electron chi connectivity index (χ2n) is 14.1. The van der Waals surface area contributed by atoms with Crippen LogP contribution >= 0.6 is 0 Å². The third kappa shape index (κ3) is 6.04. The van der Waals surface area contributed by atoms with E-state index in [1.54, 1.807) is 0 Å². The van der Waals surface area contributed by atoms with Gasteiger partial charge in [0, 0.05) is 33.9 Å². The summed E-state index contributed by atoms with van der Waals surface area (Å²) in [6, 6.07) is 83.1. The van der Waals surface area contributed by atoms with Gasteiger partial charge in [-0.25, -0.2) is 0 Å². The van der Waals surface area contributed by atoms with Crippen LogP contribution in [0.2, 0.25) is 0 Å². The Morgan fingerprint density at radius 2 is 0.643 bits per heavy atom. The van der Waals surface area contributed by atoms with E-state index in [1.807, 2.05) is 0 Å². The number of para-hydroxylation sites is 2. The van der Waals surface area contributed by atoms with Gasteiger partial charge in [-0.3, -0.25) is 0 Å². The predicted octanol–water partition coefficient (Wildman–Crippen LogP) is 15.3. The van der Waals surface area contributed by atoms with Crippen LogP contribution in [0.5, 0.6) is 0 Å². The molecule has 0 unspecified atom stereocenters. The summed E-state index contributed by atoms with van der Waals surface area (Å²) < 4.78 is 0. The molecule has 0 aliphatic carbocycles. The molecule has 2 nitrogen and oxygen atoms in total. The molecule has 10 rings (SSSR count). The van der Waals surface area contributed by atoms with Crippen LogP contribution < -0.4 is 9.80 Å². The molecule has 1 aliphatic rings. The molecule has 0 spiro atoms.